The molecule has 0 radical (unpaired) electrons. The molecule has 0 aromatic heterocycles. The minimum atomic E-state index is -0.480. The van der Waals surface area contributed by atoms with Gasteiger partial charge in [-0.3, -0.25) is 4.79 Å². The molecule has 1 aliphatic rings. The number of nitrogens with zero attached hydrogens (tertiary/aromatic N) is 1. The number of para-hydroxylation sites is 1. The SMILES string of the molecule is CC(C)(C)OC(=O)N1CCC(Nc2ccccc2C(N)=O)CC1. The third-order valence-electron chi connectivity index (χ3n) is 3.70. The highest BCUT2D eigenvalue weighted by molar-refractivity contribution is 5.98. The Bertz CT molecular complexity index is 573. The van der Waals surface area contributed by atoms with Gasteiger partial charge in [-0.05, 0) is 45.7 Å². The van der Waals surface area contributed by atoms with Crippen LogP contribution in [-0.2, 0) is 4.74 Å². The number of ether oxygens (including phenoxy) is 1. The van der Waals surface area contributed by atoms with Gasteiger partial charge in [0, 0.05) is 24.8 Å². The topological polar surface area (TPSA) is 84.7 Å². The smallest absolute Gasteiger partial charge is 0.410 e. The molecule has 0 aliphatic carbocycles. The third kappa shape index (κ3) is 4.87. The van der Waals surface area contributed by atoms with Crippen LogP contribution in [0.25, 0.3) is 0 Å². The van der Waals surface area contributed by atoms with Gasteiger partial charge in [-0.25, -0.2) is 4.79 Å². The summed E-state index contributed by atoms with van der Waals surface area (Å²) in [7, 11) is 0. The van der Waals surface area contributed by atoms with Crippen molar-refractivity contribution in [3.8, 4) is 0 Å². The van der Waals surface area contributed by atoms with Crippen molar-refractivity contribution in [2.24, 2.45) is 5.73 Å². The minimum absolute atomic E-state index is 0.203. The second-order valence-corrected chi connectivity index (χ2v) is 6.80. The molecule has 0 bridgehead atoms. The lowest BCUT2D eigenvalue weighted by atomic mass is 10.0. The number of benzene rings is 1. The molecule has 6 heteroatoms. The molecule has 1 aromatic rings. The van der Waals surface area contributed by atoms with Gasteiger partial charge in [0.1, 0.15) is 5.60 Å². The maximum absolute atomic E-state index is 12.0. The first kappa shape index (κ1) is 17.1. The second-order valence-electron chi connectivity index (χ2n) is 6.80. The van der Waals surface area contributed by atoms with E-state index in [1.165, 1.54) is 0 Å². The van der Waals surface area contributed by atoms with Crippen LogP contribution in [0.1, 0.15) is 44.0 Å². The van der Waals surface area contributed by atoms with Crippen LogP contribution in [-0.4, -0.2) is 41.6 Å². The van der Waals surface area contributed by atoms with E-state index >= 15 is 0 Å². The average Bonchev–Trinajstić information content (AvgIpc) is 2.46. The number of anilines is 1. The molecule has 0 saturated carbocycles. The van der Waals surface area contributed by atoms with Crippen molar-refractivity contribution < 1.29 is 14.3 Å². The van der Waals surface area contributed by atoms with Crippen molar-refractivity contribution >= 4 is 17.7 Å². The normalized spacial score (nSPS) is 16.0. The third-order valence-corrected chi connectivity index (χ3v) is 3.70. The van der Waals surface area contributed by atoms with Gasteiger partial charge in [0.2, 0.25) is 0 Å². The number of hydrogen-bond donors (Lipinski definition) is 2. The number of nitrogens with two attached hydrogens (primary N) is 1. The molecular weight excluding hydrogens is 294 g/mol. The lowest BCUT2D eigenvalue weighted by Gasteiger charge is -2.34. The van der Waals surface area contributed by atoms with Gasteiger partial charge in [-0.15, -0.1) is 0 Å². The highest BCUT2D eigenvalue weighted by Gasteiger charge is 2.27. The number of amides is 2. The summed E-state index contributed by atoms with van der Waals surface area (Å²) < 4.78 is 5.39. The monoisotopic (exact) mass is 319 g/mol. The van der Waals surface area contributed by atoms with Crippen molar-refractivity contribution in [3.05, 3.63) is 29.8 Å². The van der Waals surface area contributed by atoms with Gasteiger partial charge < -0.3 is 20.7 Å². The second kappa shape index (κ2) is 6.89. The van der Waals surface area contributed by atoms with Gasteiger partial charge in [0.05, 0.1) is 5.56 Å². The molecule has 1 heterocycles. The summed E-state index contributed by atoms with van der Waals surface area (Å²) in [5.41, 5.74) is 6.15. The van der Waals surface area contributed by atoms with E-state index < -0.39 is 11.5 Å². The van der Waals surface area contributed by atoms with E-state index in [-0.39, 0.29) is 12.1 Å². The predicted molar refractivity (Wildman–Crippen MR) is 89.4 cm³/mol. The van der Waals surface area contributed by atoms with Crippen molar-refractivity contribution in [2.45, 2.75) is 45.3 Å². The Morgan fingerprint density at radius 2 is 1.83 bits per heavy atom. The van der Waals surface area contributed by atoms with Crippen LogP contribution in [0.15, 0.2) is 24.3 Å². The van der Waals surface area contributed by atoms with E-state index in [4.69, 9.17) is 10.5 Å². The summed E-state index contributed by atoms with van der Waals surface area (Å²) >= 11 is 0. The summed E-state index contributed by atoms with van der Waals surface area (Å²) in [4.78, 5) is 25.2. The molecular formula is C17H25N3O3. The van der Waals surface area contributed by atoms with E-state index in [0.717, 1.165) is 18.5 Å². The number of rotatable bonds is 3. The molecule has 23 heavy (non-hydrogen) atoms. The molecule has 0 atom stereocenters. The van der Waals surface area contributed by atoms with E-state index in [1.54, 1.807) is 17.0 Å². The van der Waals surface area contributed by atoms with E-state index in [9.17, 15) is 9.59 Å². The van der Waals surface area contributed by atoms with Crippen LogP contribution in [0.2, 0.25) is 0 Å². The fourth-order valence-corrected chi connectivity index (χ4v) is 2.58. The number of carbonyl (C=O) groups excluding carboxylic acids is 2. The van der Waals surface area contributed by atoms with Gasteiger partial charge in [-0.2, -0.15) is 0 Å². The lowest BCUT2D eigenvalue weighted by molar-refractivity contribution is 0.0210. The van der Waals surface area contributed by atoms with Crippen molar-refractivity contribution in [3.63, 3.8) is 0 Å². The summed E-state index contributed by atoms with van der Waals surface area (Å²) in [5, 5.41) is 3.36. The Kier molecular flexibility index (Phi) is 5.13. The van der Waals surface area contributed by atoms with Gasteiger partial charge in [0.15, 0.2) is 0 Å². The molecule has 2 rings (SSSR count). The number of nitrogens with one attached hydrogen (secondary N) is 1. The predicted octanol–water partition coefficient (Wildman–Crippen LogP) is 2.60. The first-order chi connectivity index (χ1) is 10.8. The fourth-order valence-electron chi connectivity index (χ4n) is 2.58. The molecule has 0 unspecified atom stereocenters. The maximum Gasteiger partial charge on any atom is 0.410 e. The standard InChI is InChI=1S/C17H25N3O3/c1-17(2,3)23-16(22)20-10-8-12(9-11-20)19-14-7-5-4-6-13(14)15(18)21/h4-7,12,19H,8-11H2,1-3H3,(H2,18,21). The summed E-state index contributed by atoms with van der Waals surface area (Å²) in [6.45, 7) is 6.84. The molecule has 1 saturated heterocycles. The van der Waals surface area contributed by atoms with Crippen molar-refractivity contribution in [2.75, 3.05) is 18.4 Å². The molecule has 3 N–H and O–H groups in total. The van der Waals surface area contributed by atoms with Crippen LogP contribution < -0.4 is 11.1 Å². The highest BCUT2D eigenvalue weighted by Crippen LogP contribution is 2.21. The molecule has 1 fully saturated rings. The van der Waals surface area contributed by atoms with Crippen molar-refractivity contribution in [1.29, 1.82) is 0 Å². The molecule has 0 spiro atoms. The van der Waals surface area contributed by atoms with Gasteiger partial charge in [0.25, 0.3) is 5.91 Å². The molecule has 6 nitrogen and oxygen atoms in total. The summed E-state index contributed by atoms with van der Waals surface area (Å²) in [5.74, 6) is -0.445. The molecule has 2 amide bonds. The molecule has 126 valence electrons. The van der Waals surface area contributed by atoms with Crippen LogP contribution in [0.4, 0.5) is 10.5 Å². The lowest BCUT2D eigenvalue weighted by Crippen LogP contribution is -2.44. The summed E-state index contributed by atoms with van der Waals surface area (Å²) in [6, 6.07) is 7.41. The van der Waals surface area contributed by atoms with Gasteiger partial charge in [-0.1, -0.05) is 12.1 Å². The Labute approximate surface area is 137 Å². The minimum Gasteiger partial charge on any atom is -0.444 e. The van der Waals surface area contributed by atoms with E-state index in [0.29, 0.717) is 18.7 Å². The largest absolute Gasteiger partial charge is 0.444 e. The van der Waals surface area contributed by atoms with Crippen LogP contribution >= 0.6 is 0 Å². The maximum atomic E-state index is 12.0. The number of hydrogen-bond acceptors (Lipinski definition) is 4. The molecule has 1 aromatic carbocycles. The zero-order chi connectivity index (χ0) is 17.0. The first-order valence-electron chi connectivity index (χ1n) is 7.89. The average molecular weight is 319 g/mol. The van der Waals surface area contributed by atoms with Crippen molar-refractivity contribution in [1.82, 2.24) is 4.90 Å². The first-order valence-corrected chi connectivity index (χ1v) is 7.89. The van der Waals surface area contributed by atoms with Crippen LogP contribution in [0, 0.1) is 0 Å². The molecule has 1 aliphatic heterocycles. The highest BCUT2D eigenvalue weighted by atomic mass is 16.6. The fraction of sp³-hybridized carbons (Fsp3) is 0.529. The number of piperidine rings is 1. The summed E-state index contributed by atoms with van der Waals surface area (Å²) in [6.07, 6.45) is 1.33. The zero-order valence-corrected chi connectivity index (χ0v) is 14.0. The number of likely N-dealkylation sites (tertiary alicyclic amines) is 1. The number of primary amides is 1. The van der Waals surface area contributed by atoms with E-state index in [1.807, 2.05) is 32.9 Å². The Morgan fingerprint density at radius 1 is 1.22 bits per heavy atom. The Hall–Kier alpha value is -2.24. The van der Waals surface area contributed by atoms with Crippen LogP contribution in [0.3, 0.4) is 0 Å². The Balaban J connectivity index is 1.91. The van der Waals surface area contributed by atoms with E-state index in [2.05, 4.69) is 5.32 Å². The Morgan fingerprint density at radius 3 is 2.39 bits per heavy atom. The number of carbonyl (C=O) groups is 2. The zero-order valence-electron chi connectivity index (χ0n) is 14.0. The van der Waals surface area contributed by atoms with Crippen LogP contribution in [0.5, 0.6) is 0 Å². The quantitative estimate of drug-likeness (QED) is 0.897. The van der Waals surface area contributed by atoms with Gasteiger partial charge >= 0.3 is 6.09 Å².